The monoisotopic (exact) mass is 633 g/mol. The first-order valence-corrected chi connectivity index (χ1v) is 2.74. The molecule has 22 heavy (non-hydrogen) atoms. The van der Waals surface area contributed by atoms with E-state index in [4.69, 9.17) is 76.6 Å². The van der Waals surface area contributed by atoms with E-state index < -0.39 is 25.4 Å². The summed E-state index contributed by atoms with van der Waals surface area (Å²) in [6.45, 7) is 0. The molecule has 0 heterocycles. The Morgan fingerprint density at radius 3 is 0.364 bits per heavy atom. The Balaban J connectivity index is -0.0000000250. The minimum Gasteiger partial charge on any atom is -0.356 e. The predicted octanol–water partition coefficient (Wildman–Crippen LogP) is -1.96. The van der Waals surface area contributed by atoms with Gasteiger partial charge in [0.1, 0.15) is 0 Å². The molecule has 0 saturated heterocycles. The molecule has 0 rings (SSSR count). The molecule has 0 saturated carbocycles. The first kappa shape index (κ1) is 42.7. The number of hydrogen-bond donors (Lipinski definition) is 0. The maximum Gasteiger partial charge on any atom is 3.00 e. The van der Waals surface area contributed by atoms with E-state index in [0.29, 0.717) is 0 Å². The smallest absolute Gasteiger partial charge is 0.356 e. The molecule has 0 aromatic heterocycles. The van der Waals surface area contributed by atoms with Crippen molar-refractivity contribution >= 4 is 53.1 Å². The van der Waals surface area contributed by atoms with Crippen molar-refractivity contribution in [3.05, 3.63) is 76.6 Å². The van der Waals surface area contributed by atoms with E-state index in [0.717, 1.165) is 0 Å². The Hall–Kier alpha value is -2.21. The van der Waals surface area contributed by atoms with Crippen molar-refractivity contribution in [1.82, 2.24) is 0 Å². The molecule has 0 aliphatic heterocycles. The van der Waals surface area contributed by atoms with Crippen LogP contribution >= 0.6 is 0 Å². The average Bonchev–Trinajstić information content (AvgIpc) is 1.94. The number of nitrogens with zero attached hydrogens (tertiary/aromatic N) is 5. The average molecular weight is 632 g/mol. The summed E-state index contributed by atoms with van der Waals surface area (Å²) < 4.78 is 0. The quantitative estimate of drug-likeness (QED) is 0.159. The Labute approximate surface area is 155 Å². The summed E-state index contributed by atoms with van der Waals surface area (Å²) in [5, 5.41) is 73.8. The van der Waals surface area contributed by atoms with Gasteiger partial charge in [-0.2, -0.15) is 0 Å². The van der Waals surface area contributed by atoms with Crippen LogP contribution in [0, 0.1) is 76.6 Å². The Kier molecular flexibility index (Phi) is 70.6. The molecule has 0 aliphatic carbocycles. The molecule has 0 aromatic carbocycles. The molecule has 22 heteroatoms. The second-order valence-electron chi connectivity index (χ2n) is 1.12. The molecule has 20 nitrogen and oxygen atoms in total. The Morgan fingerprint density at radius 1 is 0.364 bits per heavy atom. The van der Waals surface area contributed by atoms with Crippen LogP contribution in [0.1, 0.15) is 0 Å². The molecule has 0 atom stereocenters. The molecule has 0 amide bonds. The first-order chi connectivity index (χ1) is 8.66. The summed E-state index contributed by atoms with van der Waals surface area (Å²) in [6.07, 6.45) is 0. The van der Waals surface area contributed by atoms with Crippen LogP contribution in [0.25, 0.3) is 0 Å². The number of hydrogen-bond acceptors (Lipinski definition) is 15. The van der Waals surface area contributed by atoms with Crippen LogP contribution < -0.4 is 0 Å². The van der Waals surface area contributed by atoms with Gasteiger partial charge in [0.25, 0.3) is 0 Å². The van der Waals surface area contributed by atoms with Gasteiger partial charge in [-0.05, 0) is 0 Å². The fourth-order valence-corrected chi connectivity index (χ4v) is 0. The van der Waals surface area contributed by atoms with Crippen molar-refractivity contribution in [3.63, 3.8) is 0 Å². The van der Waals surface area contributed by atoms with Gasteiger partial charge in [0.05, 0.1) is 25.4 Å². The van der Waals surface area contributed by atoms with Crippen molar-refractivity contribution in [2.24, 2.45) is 0 Å². The second-order valence-corrected chi connectivity index (χ2v) is 1.12. The van der Waals surface area contributed by atoms with Gasteiger partial charge in [-0.25, -0.2) is 0 Å². The second kappa shape index (κ2) is 36.4. The predicted molar refractivity (Wildman–Crippen MR) is 63.3 cm³/mol. The summed E-state index contributed by atoms with van der Waals surface area (Å²) in [4.78, 5) is 41.2. The molecule has 0 fully saturated rings. The molecule has 0 N–H and O–H groups in total. The van der Waals surface area contributed by atoms with Gasteiger partial charge in [-0.3, -0.25) is 0 Å². The summed E-state index contributed by atoms with van der Waals surface area (Å²) in [6, 6.07) is 0. The fraction of sp³-hybridized carbons (Fsp3) is 0. The van der Waals surface area contributed by atoms with Crippen LogP contribution in [-0.4, -0.2) is 78.6 Å². The van der Waals surface area contributed by atoms with Gasteiger partial charge in [-0.1, -0.05) is 0 Å². The fourth-order valence-electron chi connectivity index (χ4n) is 0. The summed E-state index contributed by atoms with van der Waals surface area (Å²) in [5.41, 5.74) is 0. The molecule has 0 unspecified atom stereocenters. The van der Waals surface area contributed by atoms with Crippen LogP contribution in [0.3, 0.4) is 0 Å². The van der Waals surface area contributed by atoms with Crippen molar-refractivity contribution in [1.29, 1.82) is 0 Å². The van der Waals surface area contributed by atoms with Crippen LogP contribution in [0.5, 0.6) is 0 Å². The molecule has 0 bridgehead atoms. The Morgan fingerprint density at radius 2 is 0.364 bits per heavy atom. The van der Waals surface area contributed by atoms with Crippen molar-refractivity contribution in [2.75, 3.05) is 0 Å². The molecular weight excluding hydrogens is 632 g/mol. The zero-order valence-electron chi connectivity index (χ0n) is 9.44. The normalized spacial score (nSPS) is 5.45. The minimum absolute atomic E-state index is 0. The van der Waals surface area contributed by atoms with E-state index in [2.05, 4.69) is 0 Å². The first-order valence-electron chi connectivity index (χ1n) is 2.74. The topological polar surface area (TPSA) is 331 Å². The standard InChI is InChI=1S/In.5NO3.Pb/c;5*2-1(3)4;/q+3;5*-1;+2. The van der Waals surface area contributed by atoms with Crippen LogP contribution in [0.15, 0.2) is 0 Å². The molecular formula is InN5O15Pb. The summed E-state index contributed by atoms with van der Waals surface area (Å²) >= 11 is 0. The van der Waals surface area contributed by atoms with Gasteiger partial charge in [0, 0.05) is 0 Å². The summed E-state index contributed by atoms with van der Waals surface area (Å²) in [7, 11) is 0. The zero-order valence-corrected chi connectivity index (χ0v) is 16.6. The van der Waals surface area contributed by atoms with Gasteiger partial charge in [0.2, 0.25) is 0 Å². The summed E-state index contributed by atoms with van der Waals surface area (Å²) in [5.74, 6) is 0. The van der Waals surface area contributed by atoms with Gasteiger partial charge in [0.15, 0.2) is 0 Å². The third-order valence-corrected chi connectivity index (χ3v) is 0. The Bertz CT molecular complexity index is 213. The van der Waals surface area contributed by atoms with Crippen LogP contribution in [0.4, 0.5) is 0 Å². The van der Waals surface area contributed by atoms with E-state index in [1.54, 1.807) is 0 Å². The van der Waals surface area contributed by atoms with Crippen molar-refractivity contribution in [2.45, 2.75) is 0 Å². The molecule has 2 radical (unpaired) electrons. The third kappa shape index (κ3) is 1030. The van der Waals surface area contributed by atoms with E-state index in [1.165, 1.54) is 0 Å². The maximum absolute atomic E-state index is 8.25. The largest absolute Gasteiger partial charge is 3.00 e. The zero-order chi connectivity index (χ0) is 17.9. The van der Waals surface area contributed by atoms with E-state index >= 15 is 0 Å². The number of rotatable bonds is 0. The van der Waals surface area contributed by atoms with Crippen molar-refractivity contribution in [3.8, 4) is 0 Å². The van der Waals surface area contributed by atoms with E-state index in [-0.39, 0.29) is 53.1 Å². The van der Waals surface area contributed by atoms with Gasteiger partial charge in [-0.15, -0.1) is 0 Å². The van der Waals surface area contributed by atoms with Crippen LogP contribution in [0.2, 0.25) is 0 Å². The maximum atomic E-state index is 8.25. The van der Waals surface area contributed by atoms with E-state index in [9.17, 15) is 0 Å². The minimum atomic E-state index is -1.75. The molecule has 122 valence electrons. The molecule has 0 aliphatic rings. The van der Waals surface area contributed by atoms with E-state index in [1.807, 2.05) is 0 Å². The van der Waals surface area contributed by atoms with Gasteiger partial charge >= 0.3 is 53.1 Å². The van der Waals surface area contributed by atoms with Crippen LogP contribution in [-0.2, 0) is 0 Å². The SMILES string of the molecule is O=[N+]([O-])[O-].O=[N+]([O-])[O-].O=[N+]([O-])[O-].O=[N+]([O-])[O-].O=[N+]([O-])[O-].[In+3].[Pb+2]. The molecule has 0 spiro atoms. The van der Waals surface area contributed by atoms with Crippen molar-refractivity contribution < 1.29 is 25.4 Å². The van der Waals surface area contributed by atoms with Gasteiger partial charge < -0.3 is 76.6 Å². The molecule has 0 aromatic rings. The third-order valence-electron chi connectivity index (χ3n) is 0.